The molecule has 3 aliphatic rings. The summed E-state index contributed by atoms with van der Waals surface area (Å²) in [6, 6.07) is 0. The molecule has 2 saturated heterocycles. The van der Waals surface area contributed by atoms with E-state index in [1.807, 2.05) is 12.2 Å². The molecule has 3 rings (SSSR count). The lowest BCUT2D eigenvalue weighted by Gasteiger charge is -2.18. The number of rotatable bonds is 2. The second-order valence-electron chi connectivity index (χ2n) is 4.63. The molecule has 0 saturated carbocycles. The van der Waals surface area contributed by atoms with Gasteiger partial charge in [-0.2, -0.15) is 5.06 Å². The molecule has 16 heavy (non-hydrogen) atoms. The molecule has 5 heteroatoms. The van der Waals surface area contributed by atoms with E-state index in [0.29, 0.717) is 0 Å². The number of hydroxylamine groups is 2. The summed E-state index contributed by atoms with van der Waals surface area (Å²) in [5.74, 6) is -1.27. The van der Waals surface area contributed by atoms with Crippen molar-refractivity contribution in [2.75, 3.05) is 0 Å². The van der Waals surface area contributed by atoms with Gasteiger partial charge in [0.25, 0.3) is 11.8 Å². The third kappa shape index (κ3) is 1.13. The van der Waals surface area contributed by atoms with Crippen LogP contribution in [0.1, 0.15) is 13.8 Å². The van der Waals surface area contributed by atoms with Crippen molar-refractivity contribution in [3.63, 3.8) is 0 Å². The minimum absolute atomic E-state index is 0.182. The molecule has 2 bridgehead atoms. The zero-order chi connectivity index (χ0) is 11.4. The SMILES string of the molecule is CC(C)ON1C(=O)[C@@H]2[C@H](C1=O)[C@H]1C=C[C@H]2O1. The molecular weight excluding hydrogens is 210 g/mol. The molecule has 2 fully saturated rings. The highest BCUT2D eigenvalue weighted by molar-refractivity contribution is 6.05. The highest BCUT2D eigenvalue weighted by atomic mass is 16.7. The lowest BCUT2D eigenvalue weighted by atomic mass is 9.85. The average molecular weight is 223 g/mol. The van der Waals surface area contributed by atoms with Crippen LogP contribution in [0.3, 0.4) is 0 Å². The van der Waals surface area contributed by atoms with Crippen LogP contribution in [-0.2, 0) is 19.2 Å². The predicted molar refractivity (Wildman–Crippen MR) is 52.9 cm³/mol. The first-order valence-electron chi connectivity index (χ1n) is 5.48. The van der Waals surface area contributed by atoms with E-state index in [0.717, 1.165) is 5.06 Å². The van der Waals surface area contributed by atoms with Crippen LogP contribution < -0.4 is 0 Å². The molecule has 0 radical (unpaired) electrons. The summed E-state index contributed by atoms with van der Waals surface area (Å²) in [7, 11) is 0. The van der Waals surface area contributed by atoms with Crippen molar-refractivity contribution in [2.24, 2.45) is 11.8 Å². The molecule has 3 aliphatic heterocycles. The first kappa shape index (κ1) is 9.99. The number of hydrogen-bond acceptors (Lipinski definition) is 4. The topological polar surface area (TPSA) is 55.8 Å². The van der Waals surface area contributed by atoms with Crippen molar-refractivity contribution < 1.29 is 19.2 Å². The van der Waals surface area contributed by atoms with E-state index < -0.39 is 0 Å². The van der Waals surface area contributed by atoms with Gasteiger partial charge >= 0.3 is 0 Å². The van der Waals surface area contributed by atoms with Crippen molar-refractivity contribution in [1.29, 1.82) is 0 Å². The first-order valence-corrected chi connectivity index (χ1v) is 5.48. The number of ether oxygens (including phenoxy) is 1. The molecule has 86 valence electrons. The Morgan fingerprint density at radius 3 is 2.12 bits per heavy atom. The number of imide groups is 1. The van der Waals surface area contributed by atoms with Gasteiger partial charge in [0.15, 0.2) is 0 Å². The molecule has 2 amide bonds. The van der Waals surface area contributed by atoms with E-state index in [1.165, 1.54) is 0 Å². The molecule has 0 spiro atoms. The van der Waals surface area contributed by atoms with Gasteiger partial charge in [0, 0.05) is 0 Å². The van der Waals surface area contributed by atoms with Crippen LogP contribution in [0.4, 0.5) is 0 Å². The fourth-order valence-electron chi connectivity index (χ4n) is 2.59. The van der Waals surface area contributed by atoms with Gasteiger partial charge in [-0.25, -0.2) is 0 Å². The van der Waals surface area contributed by atoms with Gasteiger partial charge in [0.05, 0.1) is 30.1 Å². The zero-order valence-electron chi connectivity index (χ0n) is 9.12. The summed E-state index contributed by atoms with van der Waals surface area (Å²) in [4.78, 5) is 29.2. The van der Waals surface area contributed by atoms with Gasteiger partial charge in [-0.05, 0) is 13.8 Å². The van der Waals surface area contributed by atoms with Gasteiger partial charge < -0.3 is 4.74 Å². The Hall–Kier alpha value is -1.20. The van der Waals surface area contributed by atoms with Gasteiger partial charge in [0.2, 0.25) is 0 Å². The lowest BCUT2D eigenvalue weighted by Crippen LogP contribution is -2.36. The molecule has 4 atom stereocenters. The molecule has 0 aromatic carbocycles. The summed E-state index contributed by atoms with van der Waals surface area (Å²) in [6.07, 6.45) is 3.05. The Morgan fingerprint density at radius 2 is 1.69 bits per heavy atom. The minimum atomic E-state index is -0.374. The number of amides is 2. The molecule has 3 heterocycles. The summed E-state index contributed by atoms with van der Waals surface area (Å²) < 4.78 is 5.50. The maximum absolute atomic E-state index is 12.0. The smallest absolute Gasteiger partial charge is 0.260 e. The number of carbonyl (C=O) groups is 2. The zero-order valence-corrected chi connectivity index (χ0v) is 9.12. The largest absolute Gasteiger partial charge is 0.365 e. The maximum Gasteiger partial charge on any atom is 0.260 e. The van der Waals surface area contributed by atoms with E-state index >= 15 is 0 Å². The molecule has 0 aromatic rings. The highest BCUT2D eigenvalue weighted by Gasteiger charge is 2.61. The third-order valence-electron chi connectivity index (χ3n) is 3.19. The van der Waals surface area contributed by atoms with Crippen molar-refractivity contribution in [2.45, 2.75) is 32.2 Å². The van der Waals surface area contributed by atoms with Crippen molar-refractivity contribution in [1.82, 2.24) is 5.06 Å². The molecule has 0 aromatic heterocycles. The third-order valence-corrected chi connectivity index (χ3v) is 3.19. The Labute approximate surface area is 92.9 Å². The van der Waals surface area contributed by atoms with Crippen LogP contribution in [0.2, 0.25) is 0 Å². The lowest BCUT2D eigenvalue weighted by molar-refractivity contribution is -0.202. The van der Waals surface area contributed by atoms with Gasteiger partial charge in [0.1, 0.15) is 0 Å². The Bertz CT molecular complexity index is 359. The van der Waals surface area contributed by atoms with E-state index in [2.05, 4.69) is 0 Å². The number of nitrogens with zero attached hydrogens (tertiary/aromatic N) is 1. The van der Waals surface area contributed by atoms with Crippen LogP contribution >= 0.6 is 0 Å². The van der Waals surface area contributed by atoms with E-state index in [-0.39, 0.29) is 42.0 Å². The van der Waals surface area contributed by atoms with Crippen LogP contribution in [-0.4, -0.2) is 35.2 Å². The second-order valence-corrected chi connectivity index (χ2v) is 4.63. The van der Waals surface area contributed by atoms with Crippen LogP contribution in [0, 0.1) is 11.8 Å². The Morgan fingerprint density at radius 1 is 1.19 bits per heavy atom. The number of fused-ring (bicyclic) bond motifs is 5. The van der Waals surface area contributed by atoms with E-state index in [4.69, 9.17) is 9.57 Å². The molecule has 0 unspecified atom stereocenters. The van der Waals surface area contributed by atoms with Gasteiger partial charge in [-0.1, -0.05) is 12.2 Å². The first-order chi connectivity index (χ1) is 7.59. The monoisotopic (exact) mass is 223 g/mol. The van der Waals surface area contributed by atoms with Crippen molar-refractivity contribution in [3.8, 4) is 0 Å². The van der Waals surface area contributed by atoms with Crippen molar-refractivity contribution >= 4 is 11.8 Å². The molecule has 0 N–H and O–H groups in total. The van der Waals surface area contributed by atoms with Crippen LogP contribution in [0.15, 0.2) is 12.2 Å². The highest BCUT2D eigenvalue weighted by Crippen LogP contribution is 2.45. The van der Waals surface area contributed by atoms with E-state index in [1.54, 1.807) is 13.8 Å². The Balaban J connectivity index is 1.89. The maximum atomic E-state index is 12.0. The molecular formula is C11H13NO4. The van der Waals surface area contributed by atoms with Gasteiger partial charge in [-0.15, -0.1) is 0 Å². The summed E-state index contributed by atoms with van der Waals surface area (Å²) in [5.41, 5.74) is 0. The normalized spacial score (nSPS) is 40.3. The van der Waals surface area contributed by atoms with Gasteiger partial charge in [-0.3, -0.25) is 14.4 Å². The fourth-order valence-corrected chi connectivity index (χ4v) is 2.59. The quantitative estimate of drug-likeness (QED) is 0.498. The average Bonchev–Trinajstić information content (AvgIpc) is 2.87. The predicted octanol–water partition coefficient (Wildman–Crippen LogP) is 0.265. The molecule has 0 aliphatic carbocycles. The van der Waals surface area contributed by atoms with Crippen LogP contribution in [0.5, 0.6) is 0 Å². The Kier molecular flexibility index (Phi) is 1.96. The molecule has 5 nitrogen and oxygen atoms in total. The summed E-state index contributed by atoms with van der Waals surface area (Å²) >= 11 is 0. The van der Waals surface area contributed by atoms with E-state index in [9.17, 15) is 9.59 Å². The second kappa shape index (κ2) is 3.15. The van der Waals surface area contributed by atoms with Crippen molar-refractivity contribution in [3.05, 3.63) is 12.2 Å². The summed E-state index contributed by atoms with van der Waals surface area (Å²) in [5, 5.41) is 0.926. The summed E-state index contributed by atoms with van der Waals surface area (Å²) in [6.45, 7) is 3.58. The fraction of sp³-hybridized carbons (Fsp3) is 0.636. The standard InChI is InChI=1S/C11H13NO4/c1-5(2)16-12-10(13)8-6-3-4-7(15-6)9(8)11(12)14/h3-9H,1-2H3/t6-,7-,8-,9+/m1/s1. The minimum Gasteiger partial charge on any atom is -0.365 e. The number of carbonyl (C=O) groups excluding carboxylic acids is 2. The number of hydrogen-bond donors (Lipinski definition) is 0. The van der Waals surface area contributed by atoms with Crippen LogP contribution in [0.25, 0.3) is 0 Å².